The Hall–Kier alpha value is -1.36. The first-order valence-corrected chi connectivity index (χ1v) is 5.61. The van der Waals surface area contributed by atoms with Gasteiger partial charge in [0, 0.05) is 12.1 Å². The summed E-state index contributed by atoms with van der Waals surface area (Å²) in [6.45, 7) is 5.99. The molecule has 2 heterocycles. The second-order valence-electron chi connectivity index (χ2n) is 4.50. The van der Waals surface area contributed by atoms with Crippen molar-refractivity contribution >= 4 is 5.91 Å². The van der Waals surface area contributed by atoms with E-state index in [1.54, 1.807) is 7.05 Å². The molecule has 0 saturated heterocycles. The van der Waals surface area contributed by atoms with Crippen molar-refractivity contribution in [2.24, 2.45) is 0 Å². The summed E-state index contributed by atoms with van der Waals surface area (Å²) in [6, 6.07) is 0. The zero-order valence-corrected chi connectivity index (χ0v) is 10.0. The van der Waals surface area contributed by atoms with Crippen molar-refractivity contribution in [3.63, 3.8) is 0 Å². The number of hydrogen-bond donors (Lipinski definition) is 2. The van der Waals surface area contributed by atoms with Crippen molar-refractivity contribution < 1.29 is 4.79 Å². The fraction of sp³-hybridized carbons (Fsp3) is 0.636. The molecule has 1 amide bonds. The number of rotatable bonds is 3. The first-order chi connectivity index (χ1) is 7.63. The van der Waals surface area contributed by atoms with Gasteiger partial charge in [0.2, 0.25) is 5.91 Å². The van der Waals surface area contributed by atoms with Crippen LogP contribution in [0.3, 0.4) is 0 Å². The van der Waals surface area contributed by atoms with Gasteiger partial charge in [-0.3, -0.25) is 9.89 Å². The van der Waals surface area contributed by atoms with Gasteiger partial charge in [0.25, 0.3) is 0 Å². The number of nitrogens with one attached hydrogen (secondary N) is 2. The van der Waals surface area contributed by atoms with Crippen LogP contribution in [0.15, 0.2) is 0 Å². The van der Waals surface area contributed by atoms with E-state index in [0.717, 1.165) is 11.4 Å². The Morgan fingerprint density at radius 1 is 1.56 bits per heavy atom. The molecule has 5 nitrogen and oxygen atoms in total. The molecular weight excluding hydrogens is 204 g/mol. The molecule has 0 aromatic carbocycles. The molecule has 0 aliphatic carbocycles. The molecule has 1 aromatic heterocycles. The van der Waals surface area contributed by atoms with Crippen LogP contribution in [-0.4, -0.2) is 34.6 Å². The molecule has 0 unspecified atom stereocenters. The van der Waals surface area contributed by atoms with Crippen LogP contribution in [0.25, 0.3) is 0 Å². The molecule has 0 saturated carbocycles. The van der Waals surface area contributed by atoms with Crippen molar-refractivity contribution in [3.05, 3.63) is 17.0 Å². The molecule has 2 N–H and O–H groups in total. The van der Waals surface area contributed by atoms with Gasteiger partial charge in [-0.15, -0.1) is 0 Å². The second-order valence-corrected chi connectivity index (χ2v) is 4.50. The highest BCUT2D eigenvalue weighted by Crippen LogP contribution is 2.27. The summed E-state index contributed by atoms with van der Waals surface area (Å²) in [6.07, 6.45) is 0. The zero-order chi connectivity index (χ0) is 11.7. The maximum Gasteiger partial charge on any atom is 0.237 e. The molecule has 1 aromatic rings. The van der Waals surface area contributed by atoms with Crippen molar-refractivity contribution in [2.45, 2.75) is 32.9 Å². The lowest BCUT2D eigenvalue weighted by molar-refractivity contribution is -0.130. The number of nitrogens with zero attached hydrogens (tertiary/aromatic N) is 2. The largest absolute Gasteiger partial charge is 0.331 e. The molecule has 0 atom stereocenters. The van der Waals surface area contributed by atoms with Crippen LogP contribution in [-0.2, 0) is 17.9 Å². The summed E-state index contributed by atoms with van der Waals surface area (Å²) in [5.74, 6) is 0.543. The van der Waals surface area contributed by atoms with Crippen molar-refractivity contribution in [1.29, 1.82) is 0 Å². The van der Waals surface area contributed by atoms with Gasteiger partial charge >= 0.3 is 0 Å². The average Bonchev–Trinajstić information content (AvgIpc) is 2.74. The minimum Gasteiger partial charge on any atom is -0.331 e. The van der Waals surface area contributed by atoms with Gasteiger partial charge in [0.1, 0.15) is 0 Å². The van der Waals surface area contributed by atoms with E-state index in [2.05, 4.69) is 29.4 Å². The SMILES string of the molecule is CNCC(=O)N1Cc2[nH]nc(C(C)C)c2C1. The summed E-state index contributed by atoms with van der Waals surface area (Å²) < 4.78 is 0. The minimum absolute atomic E-state index is 0.141. The Morgan fingerprint density at radius 2 is 2.31 bits per heavy atom. The van der Waals surface area contributed by atoms with Crippen molar-refractivity contribution in [1.82, 2.24) is 20.4 Å². The summed E-state index contributed by atoms with van der Waals surface area (Å²) in [4.78, 5) is 13.6. The highest BCUT2D eigenvalue weighted by molar-refractivity contribution is 5.78. The number of carbonyl (C=O) groups is 1. The van der Waals surface area contributed by atoms with E-state index in [0.29, 0.717) is 25.6 Å². The Labute approximate surface area is 95.2 Å². The van der Waals surface area contributed by atoms with Gasteiger partial charge in [-0.25, -0.2) is 0 Å². The Kier molecular flexibility index (Phi) is 2.96. The van der Waals surface area contributed by atoms with Gasteiger partial charge in [-0.05, 0) is 13.0 Å². The summed E-state index contributed by atoms with van der Waals surface area (Å²) in [7, 11) is 1.79. The Morgan fingerprint density at radius 3 is 2.94 bits per heavy atom. The van der Waals surface area contributed by atoms with Crippen LogP contribution < -0.4 is 5.32 Å². The van der Waals surface area contributed by atoms with Crippen LogP contribution in [0, 0.1) is 0 Å². The van der Waals surface area contributed by atoms with Crippen LogP contribution >= 0.6 is 0 Å². The number of likely N-dealkylation sites (N-methyl/N-ethyl adjacent to an activating group) is 1. The molecule has 2 rings (SSSR count). The number of hydrogen-bond acceptors (Lipinski definition) is 3. The third-order valence-corrected chi connectivity index (χ3v) is 2.91. The fourth-order valence-electron chi connectivity index (χ4n) is 2.08. The Balaban J connectivity index is 2.12. The van der Waals surface area contributed by atoms with E-state index in [1.165, 1.54) is 5.56 Å². The van der Waals surface area contributed by atoms with Gasteiger partial charge in [-0.2, -0.15) is 5.10 Å². The molecule has 0 radical (unpaired) electrons. The molecule has 5 heteroatoms. The molecule has 1 aliphatic rings. The number of fused-ring (bicyclic) bond motifs is 1. The maximum absolute atomic E-state index is 11.7. The maximum atomic E-state index is 11.7. The third-order valence-electron chi connectivity index (χ3n) is 2.91. The minimum atomic E-state index is 0.141. The molecule has 0 fully saturated rings. The van der Waals surface area contributed by atoms with Gasteiger partial charge < -0.3 is 10.2 Å². The molecule has 0 bridgehead atoms. The van der Waals surface area contributed by atoms with E-state index >= 15 is 0 Å². The van der Waals surface area contributed by atoms with Crippen LogP contribution in [0.1, 0.15) is 36.7 Å². The highest BCUT2D eigenvalue weighted by Gasteiger charge is 2.28. The number of aromatic nitrogens is 2. The summed E-state index contributed by atoms with van der Waals surface area (Å²) >= 11 is 0. The van der Waals surface area contributed by atoms with E-state index in [4.69, 9.17) is 0 Å². The molecular formula is C11H18N4O. The highest BCUT2D eigenvalue weighted by atomic mass is 16.2. The summed E-state index contributed by atoms with van der Waals surface area (Å²) in [5.41, 5.74) is 3.39. The molecule has 16 heavy (non-hydrogen) atoms. The predicted molar refractivity (Wildman–Crippen MR) is 60.9 cm³/mol. The lowest BCUT2D eigenvalue weighted by atomic mass is 10.1. The van der Waals surface area contributed by atoms with Crippen LogP contribution in [0.4, 0.5) is 0 Å². The van der Waals surface area contributed by atoms with Gasteiger partial charge in [-0.1, -0.05) is 13.8 Å². The number of aromatic amines is 1. The zero-order valence-electron chi connectivity index (χ0n) is 10.0. The van der Waals surface area contributed by atoms with Crippen molar-refractivity contribution in [2.75, 3.05) is 13.6 Å². The van der Waals surface area contributed by atoms with Crippen molar-refractivity contribution in [3.8, 4) is 0 Å². The van der Waals surface area contributed by atoms with E-state index in [9.17, 15) is 4.79 Å². The number of carbonyl (C=O) groups excluding carboxylic acids is 1. The normalized spacial score (nSPS) is 14.6. The van der Waals surface area contributed by atoms with E-state index in [-0.39, 0.29) is 5.91 Å². The van der Waals surface area contributed by atoms with E-state index < -0.39 is 0 Å². The third kappa shape index (κ3) is 1.82. The first kappa shape index (κ1) is 11.1. The summed E-state index contributed by atoms with van der Waals surface area (Å²) in [5, 5.41) is 10.2. The van der Waals surface area contributed by atoms with Gasteiger partial charge in [0.15, 0.2) is 0 Å². The van der Waals surface area contributed by atoms with E-state index in [1.807, 2.05) is 4.90 Å². The number of H-pyrrole nitrogens is 1. The quantitative estimate of drug-likeness (QED) is 0.787. The average molecular weight is 222 g/mol. The standard InChI is InChI=1S/C11H18N4O/c1-7(2)11-8-5-15(10(16)4-12-3)6-9(8)13-14-11/h7,12H,4-6H2,1-3H3,(H,13,14). The van der Waals surface area contributed by atoms with Crippen LogP contribution in [0.2, 0.25) is 0 Å². The molecule has 1 aliphatic heterocycles. The molecule has 0 spiro atoms. The van der Waals surface area contributed by atoms with Gasteiger partial charge in [0.05, 0.1) is 24.5 Å². The number of amides is 1. The molecule has 88 valence electrons. The monoisotopic (exact) mass is 222 g/mol. The lowest BCUT2D eigenvalue weighted by Crippen LogP contribution is -2.33. The Bertz CT molecular complexity index is 397. The second kappa shape index (κ2) is 4.25. The smallest absolute Gasteiger partial charge is 0.237 e. The fourth-order valence-corrected chi connectivity index (χ4v) is 2.08. The van der Waals surface area contributed by atoms with Crippen LogP contribution in [0.5, 0.6) is 0 Å². The first-order valence-electron chi connectivity index (χ1n) is 5.61. The topological polar surface area (TPSA) is 61.0 Å². The predicted octanol–water partition coefficient (Wildman–Crippen LogP) is 0.595. The lowest BCUT2D eigenvalue weighted by Gasteiger charge is -2.15.